The van der Waals surface area contributed by atoms with Gasteiger partial charge in [0.25, 0.3) is 0 Å². The van der Waals surface area contributed by atoms with Crippen LogP contribution in [0.3, 0.4) is 0 Å². The Labute approximate surface area is 122 Å². The van der Waals surface area contributed by atoms with E-state index in [0.717, 1.165) is 13.1 Å². The first-order valence-corrected chi connectivity index (χ1v) is 7.61. The summed E-state index contributed by atoms with van der Waals surface area (Å²) in [5.41, 5.74) is 0. The molecule has 0 atom stereocenters. The van der Waals surface area contributed by atoms with Crippen LogP contribution < -0.4 is 10.6 Å². The van der Waals surface area contributed by atoms with Crippen molar-refractivity contribution in [2.45, 2.75) is 20.8 Å². The van der Waals surface area contributed by atoms with Crippen molar-refractivity contribution in [1.29, 1.82) is 0 Å². The molecule has 104 valence electrons. The van der Waals surface area contributed by atoms with E-state index in [9.17, 15) is 8.42 Å². The average molecular weight is 377 g/mol. The van der Waals surface area contributed by atoms with Gasteiger partial charge in [0.1, 0.15) is 9.84 Å². The predicted molar refractivity (Wildman–Crippen MR) is 83.9 cm³/mol. The van der Waals surface area contributed by atoms with Crippen LogP contribution in [-0.2, 0) is 9.84 Å². The molecule has 0 amide bonds. The van der Waals surface area contributed by atoms with E-state index in [1.165, 1.54) is 6.26 Å². The van der Waals surface area contributed by atoms with Gasteiger partial charge in [-0.25, -0.2) is 8.42 Å². The number of rotatable bonds is 6. The molecule has 0 heterocycles. The molecule has 0 saturated heterocycles. The zero-order chi connectivity index (χ0) is 12.6. The van der Waals surface area contributed by atoms with Gasteiger partial charge in [0.2, 0.25) is 0 Å². The van der Waals surface area contributed by atoms with E-state index >= 15 is 0 Å². The summed E-state index contributed by atoms with van der Waals surface area (Å²) >= 11 is 0. The van der Waals surface area contributed by atoms with Crippen LogP contribution in [0.4, 0.5) is 0 Å². The fourth-order valence-electron chi connectivity index (χ4n) is 0.970. The molecule has 0 aromatic carbocycles. The minimum absolute atomic E-state index is 0. The SMILES string of the molecule is CCNC(=NCC(C)C)NCCS(C)(=O)=O.I. The second kappa shape index (κ2) is 9.93. The maximum Gasteiger partial charge on any atom is 0.191 e. The highest BCUT2D eigenvalue weighted by atomic mass is 127. The van der Waals surface area contributed by atoms with E-state index in [1.807, 2.05) is 6.92 Å². The van der Waals surface area contributed by atoms with Crippen molar-refractivity contribution in [3.63, 3.8) is 0 Å². The molecule has 0 aromatic rings. The van der Waals surface area contributed by atoms with Gasteiger partial charge in [-0.2, -0.15) is 0 Å². The first-order valence-electron chi connectivity index (χ1n) is 5.55. The highest BCUT2D eigenvalue weighted by molar-refractivity contribution is 14.0. The summed E-state index contributed by atoms with van der Waals surface area (Å²) in [6, 6.07) is 0. The number of hydrogen-bond donors (Lipinski definition) is 2. The number of guanidine groups is 1. The van der Waals surface area contributed by atoms with Gasteiger partial charge in [-0.15, -0.1) is 24.0 Å². The number of hydrogen-bond acceptors (Lipinski definition) is 3. The molecule has 0 saturated carbocycles. The molecule has 0 aliphatic carbocycles. The Morgan fingerprint density at radius 3 is 2.29 bits per heavy atom. The Balaban J connectivity index is 0. The lowest BCUT2D eigenvalue weighted by Crippen LogP contribution is -2.39. The second-order valence-electron chi connectivity index (χ2n) is 4.17. The lowest BCUT2D eigenvalue weighted by atomic mass is 10.2. The third kappa shape index (κ3) is 13.9. The normalized spacial score (nSPS) is 12.2. The fourth-order valence-corrected chi connectivity index (χ4v) is 1.44. The summed E-state index contributed by atoms with van der Waals surface area (Å²) in [4.78, 5) is 4.33. The molecule has 17 heavy (non-hydrogen) atoms. The van der Waals surface area contributed by atoms with Crippen molar-refractivity contribution in [3.05, 3.63) is 0 Å². The molecular weight excluding hydrogens is 353 g/mol. The first-order chi connectivity index (χ1) is 7.35. The minimum atomic E-state index is -2.91. The summed E-state index contributed by atoms with van der Waals surface area (Å²) in [7, 11) is -2.91. The third-order valence-electron chi connectivity index (χ3n) is 1.72. The standard InChI is InChI=1S/C10H23N3O2S.HI/c1-5-11-10(13-8-9(2)3)12-6-7-16(4,14)15;/h9H,5-8H2,1-4H3,(H2,11,12,13);1H. The molecule has 0 radical (unpaired) electrons. The fraction of sp³-hybridized carbons (Fsp3) is 0.900. The highest BCUT2D eigenvalue weighted by Crippen LogP contribution is 1.91. The van der Waals surface area contributed by atoms with Crippen molar-refractivity contribution in [2.75, 3.05) is 31.6 Å². The molecule has 0 fully saturated rings. The Hall–Kier alpha value is -0.0500. The molecule has 0 spiro atoms. The van der Waals surface area contributed by atoms with E-state index in [4.69, 9.17) is 0 Å². The summed E-state index contributed by atoms with van der Waals surface area (Å²) in [5.74, 6) is 1.30. The van der Waals surface area contributed by atoms with Gasteiger partial charge >= 0.3 is 0 Å². The van der Waals surface area contributed by atoms with Crippen molar-refractivity contribution in [3.8, 4) is 0 Å². The number of nitrogens with zero attached hydrogens (tertiary/aromatic N) is 1. The summed E-state index contributed by atoms with van der Waals surface area (Å²) in [6.45, 7) is 8.04. The van der Waals surface area contributed by atoms with Gasteiger partial charge in [-0.3, -0.25) is 4.99 Å². The quantitative estimate of drug-likeness (QED) is 0.409. The van der Waals surface area contributed by atoms with Gasteiger partial charge in [0, 0.05) is 25.9 Å². The van der Waals surface area contributed by atoms with Crippen molar-refractivity contribution < 1.29 is 8.42 Å². The van der Waals surface area contributed by atoms with Gasteiger partial charge in [0.15, 0.2) is 5.96 Å². The van der Waals surface area contributed by atoms with Crippen LogP contribution >= 0.6 is 24.0 Å². The molecule has 5 nitrogen and oxygen atoms in total. The Kier molecular flexibility index (Phi) is 11.3. The molecule has 0 aromatic heterocycles. The van der Waals surface area contributed by atoms with Gasteiger partial charge in [-0.1, -0.05) is 13.8 Å². The molecule has 7 heteroatoms. The minimum Gasteiger partial charge on any atom is -0.357 e. The van der Waals surface area contributed by atoms with Crippen LogP contribution in [-0.4, -0.2) is 46.0 Å². The lowest BCUT2D eigenvalue weighted by molar-refractivity contribution is 0.600. The zero-order valence-electron chi connectivity index (χ0n) is 11.0. The Morgan fingerprint density at radius 1 is 1.29 bits per heavy atom. The lowest BCUT2D eigenvalue weighted by Gasteiger charge is -2.11. The highest BCUT2D eigenvalue weighted by Gasteiger charge is 2.03. The molecule has 0 unspecified atom stereocenters. The van der Waals surface area contributed by atoms with Crippen LogP contribution in [0, 0.1) is 5.92 Å². The van der Waals surface area contributed by atoms with Crippen LogP contribution in [0.2, 0.25) is 0 Å². The zero-order valence-corrected chi connectivity index (χ0v) is 14.1. The van der Waals surface area contributed by atoms with E-state index < -0.39 is 9.84 Å². The van der Waals surface area contributed by atoms with Crippen LogP contribution in [0.1, 0.15) is 20.8 Å². The molecule has 0 aliphatic heterocycles. The molecule has 2 N–H and O–H groups in total. The van der Waals surface area contributed by atoms with Crippen LogP contribution in [0.5, 0.6) is 0 Å². The van der Waals surface area contributed by atoms with Gasteiger partial charge in [-0.05, 0) is 12.8 Å². The largest absolute Gasteiger partial charge is 0.357 e. The molecule has 0 rings (SSSR count). The summed E-state index contributed by atoms with van der Waals surface area (Å²) in [6.07, 6.45) is 1.23. The smallest absolute Gasteiger partial charge is 0.191 e. The molecule has 0 bridgehead atoms. The van der Waals surface area contributed by atoms with E-state index in [0.29, 0.717) is 18.4 Å². The topological polar surface area (TPSA) is 70.6 Å². The average Bonchev–Trinajstić information content (AvgIpc) is 2.12. The number of sulfone groups is 1. The summed E-state index contributed by atoms with van der Waals surface area (Å²) < 4.78 is 21.9. The number of aliphatic imine (C=N–C) groups is 1. The monoisotopic (exact) mass is 377 g/mol. The Morgan fingerprint density at radius 2 is 1.88 bits per heavy atom. The number of nitrogens with one attached hydrogen (secondary N) is 2. The number of halogens is 1. The third-order valence-corrected chi connectivity index (χ3v) is 2.67. The van der Waals surface area contributed by atoms with Crippen molar-refractivity contribution in [2.24, 2.45) is 10.9 Å². The van der Waals surface area contributed by atoms with Gasteiger partial charge < -0.3 is 10.6 Å². The first kappa shape index (κ1) is 19.3. The van der Waals surface area contributed by atoms with E-state index in [1.54, 1.807) is 0 Å². The van der Waals surface area contributed by atoms with E-state index in [-0.39, 0.29) is 29.7 Å². The maximum atomic E-state index is 10.9. The molecular formula is C10H24IN3O2S. The molecule has 0 aliphatic rings. The maximum absolute atomic E-state index is 10.9. The van der Waals surface area contributed by atoms with Crippen molar-refractivity contribution >= 4 is 39.8 Å². The summed E-state index contributed by atoms with van der Waals surface area (Å²) in [5, 5.41) is 6.06. The van der Waals surface area contributed by atoms with E-state index in [2.05, 4.69) is 29.5 Å². The van der Waals surface area contributed by atoms with Crippen molar-refractivity contribution in [1.82, 2.24) is 10.6 Å². The predicted octanol–water partition coefficient (Wildman–Crippen LogP) is 0.860. The van der Waals surface area contributed by atoms with Crippen LogP contribution in [0.25, 0.3) is 0 Å². The van der Waals surface area contributed by atoms with Gasteiger partial charge in [0.05, 0.1) is 5.75 Å². The Bertz CT molecular complexity index is 316. The van der Waals surface area contributed by atoms with Crippen LogP contribution in [0.15, 0.2) is 4.99 Å². The second-order valence-corrected chi connectivity index (χ2v) is 6.43.